The number of carbonyl (C=O) groups is 1. The summed E-state index contributed by atoms with van der Waals surface area (Å²) in [6, 6.07) is 9.60. The third-order valence-electron chi connectivity index (χ3n) is 2.88. The second kappa shape index (κ2) is 9.62. The van der Waals surface area contributed by atoms with Crippen molar-refractivity contribution in [2.24, 2.45) is 0 Å². The van der Waals surface area contributed by atoms with E-state index in [4.69, 9.17) is 11.6 Å². The van der Waals surface area contributed by atoms with Crippen LogP contribution in [0, 0.1) is 0 Å². The fourth-order valence-corrected chi connectivity index (χ4v) is 1.97. The molecule has 0 spiro atoms. The zero-order chi connectivity index (χ0) is 13.9. The van der Waals surface area contributed by atoms with Crippen molar-refractivity contribution in [1.82, 2.24) is 5.32 Å². The van der Waals surface area contributed by atoms with Crippen LogP contribution in [0.4, 0.5) is 0 Å². The van der Waals surface area contributed by atoms with Crippen molar-refractivity contribution in [3.63, 3.8) is 0 Å². The maximum atomic E-state index is 11.7. The van der Waals surface area contributed by atoms with Gasteiger partial charge in [-0.05, 0) is 18.1 Å². The summed E-state index contributed by atoms with van der Waals surface area (Å²) in [6.07, 6.45) is 7.60. The second-order valence-electron chi connectivity index (χ2n) is 4.57. The molecule has 1 rings (SSSR count). The van der Waals surface area contributed by atoms with Crippen LogP contribution in [-0.4, -0.2) is 12.5 Å². The minimum atomic E-state index is -0.194. The minimum absolute atomic E-state index is 0.194. The maximum absolute atomic E-state index is 11.7. The predicted molar refractivity (Wildman–Crippen MR) is 82.0 cm³/mol. The van der Waals surface area contributed by atoms with Crippen molar-refractivity contribution in [2.45, 2.75) is 39.0 Å². The molecule has 0 atom stereocenters. The van der Waals surface area contributed by atoms with Gasteiger partial charge in [0, 0.05) is 6.54 Å². The molecule has 2 nitrogen and oxygen atoms in total. The molecule has 1 amide bonds. The van der Waals surface area contributed by atoms with Crippen LogP contribution in [-0.2, 0) is 4.79 Å². The second-order valence-corrected chi connectivity index (χ2v) is 4.98. The molecule has 0 fully saturated rings. The van der Waals surface area contributed by atoms with Gasteiger partial charge in [0.2, 0.25) is 0 Å². The van der Waals surface area contributed by atoms with Gasteiger partial charge in [-0.2, -0.15) is 0 Å². The Kier molecular flexibility index (Phi) is 7.99. The molecule has 0 unspecified atom stereocenters. The first-order valence-corrected chi connectivity index (χ1v) is 7.32. The number of hydrogen-bond acceptors (Lipinski definition) is 1. The van der Waals surface area contributed by atoms with E-state index in [0.717, 1.165) is 18.4 Å². The van der Waals surface area contributed by atoms with Crippen molar-refractivity contribution in [3.8, 4) is 0 Å². The number of hydrogen-bond donors (Lipinski definition) is 1. The van der Waals surface area contributed by atoms with Crippen molar-refractivity contribution < 1.29 is 4.79 Å². The van der Waals surface area contributed by atoms with Crippen LogP contribution < -0.4 is 5.32 Å². The molecule has 1 N–H and O–H groups in total. The summed E-state index contributed by atoms with van der Waals surface area (Å²) in [7, 11) is 0. The highest BCUT2D eigenvalue weighted by Crippen LogP contribution is 2.10. The Hall–Kier alpha value is -1.28. The SMILES string of the molecule is CCCCCCCNC(=O)/C(Cl)=C/c1ccccc1. The van der Waals surface area contributed by atoms with Crippen molar-refractivity contribution in [1.29, 1.82) is 0 Å². The van der Waals surface area contributed by atoms with Crippen LogP contribution >= 0.6 is 11.6 Å². The summed E-state index contributed by atoms with van der Waals surface area (Å²) < 4.78 is 0. The van der Waals surface area contributed by atoms with Gasteiger partial charge in [-0.1, -0.05) is 74.5 Å². The van der Waals surface area contributed by atoms with E-state index in [1.807, 2.05) is 30.3 Å². The first kappa shape index (κ1) is 15.8. The van der Waals surface area contributed by atoms with Gasteiger partial charge in [0.15, 0.2) is 0 Å². The standard InChI is InChI=1S/C16H22ClNO/c1-2-3-4-5-9-12-18-16(19)15(17)13-14-10-7-6-8-11-14/h6-8,10-11,13H,2-5,9,12H2,1H3,(H,18,19)/b15-13-. The molecule has 19 heavy (non-hydrogen) atoms. The lowest BCUT2D eigenvalue weighted by Crippen LogP contribution is -2.24. The van der Waals surface area contributed by atoms with Crippen molar-refractivity contribution in [2.75, 3.05) is 6.54 Å². The molecule has 0 bridgehead atoms. The molecule has 0 heterocycles. The third-order valence-corrected chi connectivity index (χ3v) is 3.16. The molecule has 104 valence electrons. The van der Waals surface area contributed by atoms with Gasteiger partial charge in [0.1, 0.15) is 5.03 Å². The largest absolute Gasteiger partial charge is 0.351 e. The number of unbranched alkanes of at least 4 members (excludes halogenated alkanes) is 4. The van der Waals surface area contributed by atoms with Crippen LogP contribution in [0.2, 0.25) is 0 Å². The van der Waals surface area contributed by atoms with Gasteiger partial charge in [0.25, 0.3) is 5.91 Å². The van der Waals surface area contributed by atoms with E-state index in [0.29, 0.717) is 6.54 Å². The number of benzene rings is 1. The monoisotopic (exact) mass is 279 g/mol. The van der Waals surface area contributed by atoms with Crippen LogP contribution in [0.1, 0.15) is 44.6 Å². The Bertz CT molecular complexity index is 400. The normalized spacial score (nSPS) is 11.4. The molecule has 0 aliphatic rings. The number of rotatable bonds is 8. The number of amides is 1. The Morgan fingerprint density at radius 3 is 2.53 bits per heavy atom. The van der Waals surface area contributed by atoms with Crippen LogP contribution in [0.3, 0.4) is 0 Å². The molecule has 0 aliphatic carbocycles. The maximum Gasteiger partial charge on any atom is 0.262 e. The van der Waals surface area contributed by atoms with E-state index in [9.17, 15) is 4.79 Å². The van der Waals surface area contributed by atoms with E-state index < -0.39 is 0 Å². The lowest BCUT2D eigenvalue weighted by molar-refractivity contribution is -0.116. The van der Waals surface area contributed by atoms with Gasteiger partial charge < -0.3 is 5.32 Å². The molecule has 0 radical (unpaired) electrons. The molecule has 0 aliphatic heterocycles. The molecule has 1 aromatic carbocycles. The summed E-state index contributed by atoms with van der Waals surface area (Å²) in [6.45, 7) is 2.89. The molecule has 0 saturated heterocycles. The van der Waals surface area contributed by atoms with Gasteiger partial charge >= 0.3 is 0 Å². The fraction of sp³-hybridized carbons (Fsp3) is 0.438. The molecular formula is C16H22ClNO. The van der Waals surface area contributed by atoms with E-state index in [2.05, 4.69) is 12.2 Å². The summed E-state index contributed by atoms with van der Waals surface area (Å²) in [4.78, 5) is 11.7. The van der Waals surface area contributed by atoms with Crippen LogP contribution in [0.25, 0.3) is 6.08 Å². The predicted octanol–water partition coefficient (Wildman–Crippen LogP) is 4.35. The highest BCUT2D eigenvalue weighted by atomic mass is 35.5. The summed E-state index contributed by atoms with van der Waals surface area (Å²) in [5.41, 5.74) is 0.936. The van der Waals surface area contributed by atoms with Gasteiger partial charge in [0.05, 0.1) is 0 Å². The van der Waals surface area contributed by atoms with E-state index in [-0.39, 0.29) is 10.9 Å². The summed E-state index contributed by atoms with van der Waals surface area (Å²) in [5, 5.41) is 3.08. The topological polar surface area (TPSA) is 29.1 Å². The first-order chi connectivity index (χ1) is 9.24. The summed E-state index contributed by atoms with van der Waals surface area (Å²) >= 11 is 5.98. The Morgan fingerprint density at radius 1 is 1.16 bits per heavy atom. The number of nitrogens with one attached hydrogen (secondary N) is 1. The Balaban J connectivity index is 2.27. The van der Waals surface area contributed by atoms with E-state index in [1.54, 1.807) is 6.08 Å². The van der Waals surface area contributed by atoms with Crippen LogP contribution in [0.15, 0.2) is 35.4 Å². The van der Waals surface area contributed by atoms with Crippen molar-refractivity contribution >= 4 is 23.6 Å². The zero-order valence-corrected chi connectivity index (χ0v) is 12.2. The first-order valence-electron chi connectivity index (χ1n) is 6.94. The molecule has 3 heteroatoms. The Labute approximate surface area is 120 Å². The number of carbonyl (C=O) groups excluding carboxylic acids is 1. The third kappa shape index (κ3) is 7.02. The van der Waals surface area contributed by atoms with Gasteiger partial charge in [-0.3, -0.25) is 4.79 Å². The lowest BCUT2D eigenvalue weighted by Gasteiger charge is -2.04. The molecular weight excluding hydrogens is 258 g/mol. The van der Waals surface area contributed by atoms with E-state index >= 15 is 0 Å². The molecule has 1 aromatic rings. The number of halogens is 1. The van der Waals surface area contributed by atoms with Gasteiger partial charge in [-0.15, -0.1) is 0 Å². The minimum Gasteiger partial charge on any atom is -0.351 e. The average Bonchev–Trinajstić information content (AvgIpc) is 2.43. The average molecular weight is 280 g/mol. The Morgan fingerprint density at radius 2 is 1.84 bits per heavy atom. The quantitative estimate of drug-likeness (QED) is 0.556. The molecule has 0 aromatic heterocycles. The smallest absolute Gasteiger partial charge is 0.262 e. The fourth-order valence-electron chi connectivity index (χ4n) is 1.78. The zero-order valence-electron chi connectivity index (χ0n) is 11.5. The van der Waals surface area contributed by atoms with E-state index in [1.165, 1.54) is 19.3 Å². The van der Waals surface area contributed by atoms with Gasteiger partial charge in [-0.25, -0.2) is 0 Å². The van der Waals surface area contributed by atoms with Crippen LogP contribution in [0.5, 0.6) is 0 Å². The lowest BCUT2D eigenvalue weighted by atomic mass is 10.1. The highest BCUT2D eigenvalue weighted by Gasteiger charge is 2.05. The summed E-state index contributed by atoms with van der Waals surface area (Å²) in [5.74, 6) is -0.194. The van der Waals surface area contributed by atoms with Crippen molar-refractivity contribution in [3.05, 3.63) is 40.9 Å². The molecule has 0 saturated carbocycles. The highest BCUT2D eigenvalue weighted by molar-refractivity contribution is 6.44.